The molecule has 0 aliphatic carbocycles. The first kappa shape index (κ1) is 9.53. The number of rotatable bonds is 2. The van der Waals surface area contributed by atoms with Gasteiger partial charge in [0.2, 0.25) is 0 Å². The highest BCUT2D eigenvalue weighted by Gasteiger charge is 2.12. The third-order valence-corrected chi connectivity index (χ3v) is 2.80. The van der Waals surface area contributed by atoms with Crippen molar-refractivity contribution < 1.29 is 4.74 Å². The minimum atomic E-state index is 0.169. The molecule has 76 valence electrons. The van der Waals surface area contributed by atoms with Crippen LogP contribution in [0.25, 0.3) is 0 Å². The van der Waals surface area contributed by atoms with Crippen LogP contribution in [-0.4, -0.2) is 6.61 Å². The van der Waals surface area contributed by atoms with Gasteiger partial charge in [-0.25, -0.2) is 0 Å². The number of nitrogens with two attached hydrogens (primary N) is 1. The van der Waals surface area contributed by atoms with E-state index in [0.717, 1.165) is 31.6 Å². The van der Waals surface area contributed by atoms with Crippen LogP contribution >= 0.6 is 0 Å². The van der Waals surface area contributed by atoms with Crippen LogP contribution in [0.1, 0.15) is 36.9 Å². The molecule has 2 rings (SSSR count). The molecule has 1 aromatic rings. The highest BCUT2D eigenvalue weighted by Crippen LogP contribution is 2.27. The van der Waals surface area contributed by atoms with E-state index in [1.54, 1.807) is 0 Å². The number of fused-ring (bicyclic) bond motifs is 1. The maximum atomic E-state index is 5.99. The fourth-order valence-electron chi connectivity index (χ4n) is 1.85. The number of hydrogen-bond acceptors (Lipinski definition) is 2. The Labute approximate surface area is 85.1 Å². The maximum absolute atomic E-state index is 5.99. The summed E-state index contributed by atoms with van der Waals surface area (Å²) < 4.78 is 5.55. The van der Waals surface area contributed by atoms with E-state index in [1.165, 1.54) is 11.1 Å². The molecule has 2 heteroatoms. The van der Waals surface area contributed by atoms with E-state index in [-0.39, 0.29) is 6.04 Å². The molecule has 0 amide bonds. The molecule has 0 saturated carbocycles. The molecule has 0 spiro atoms. The van der Waals surface area contributed by atoms with Gasteiger partial charge in [-0.15, -0.1) is 0 Å². The average Bonchev–Trinajstić information content (AvgIpc) is 2.27. The highest BCUT2D eigenvalue weighted by atomic mass is 16.5. The lowest BCUT2D eigenvalue weighted by Crippen LogP contribution is -2.12. The maximum Gasteiger partial charge on any atom is 0.122 e. The fourth-order valence-corrected chi connectivity index (χ4v) is 1.85. The Morgan fingerprint density at radius 2 is 2.36 bits per heavy atom. The van der Waals surface area contributed by atoms with Crippen molar-refractivity contribution in [2.24, 2.45) is 5.73 Å². The quantitative estimate of drug-likeness (QED) is 0.779. The summed E-state index contributed by atoms with van der Waals surface area (Å²) in [4.78, 5) is 0. The molecule has 1 heterocycles. The Kier molecular flexibility index (Phi) is 2.73. The van der Waals surface area contributed by atoms with Crippen molar-refractivity contribution in [1.82, 2.24) is 0 Å². The van der Waals surface area contributed by atoms with Crippen LogP contribution in [0.3, 0.4) is 0 Å². The fraction of sp³-hybridized carbons (Fsp3) is 0.500. The Balaban J connectivity index is 2.29. The summed E-state index contributed by atoms with van der Waals surface area (Å²) in [5.41, 5.74) is 8.54. The average molecular weight is 191 g/mol. The second-order valence-corrected chi connectivity index (χ2v) is 3.83. The van der Waals surface area contributed by atoms with Gasteiger partial charge in [-0.05, 0) is 36.5 Å². The summed E-state index contributed by atoms with van der Waals surface area (Å²) >= 11 is 0. The van der Waals surface area contributed by atoms with E-state index in [9.17, 15) is 0 Å². The van der Waals surface area contributed by atoms with Crippen LogP contribution in [0.15, 0.2) is 18.2 Å². The minimum Gasteiger partial charge on any atom is -0.493 e. The predicted molar refractivity (Wildman–Crippen MR) is 57.5 cm³/mol. The summed E-state index contributed by atoms with van der Waals surface area (Å²) in [6.07, 6.45) is 3.23. The Hall–Kier alpha value is -1.02. The molecule has 0 unspecified atom stereocenters. The van der Waals surface area contributed by atoms with E-state index in [4.69, 9.17) is 10.5 Å². The SMILES string of the molecule is CC[C@H](N)c1ccc2c(c1)CCCO2. The van der Waals surface area contributed by atoms with Gasteiger partial charge in [0, 0.05) is 6.04 Å². The summed E-state index contributed by atoms with van der Waals surface area (Å²) in [5, 5.41) is 0. The van der Waals surface area contributed by atoms with Crippen LogP contribution in [0.2, 0.25) is 0 Å². The summed E-state index contributed by atoms with van der Waals surface area (Å²) in [7, 11) is 0. The van der Waals surface area contributed by atoms with Crippen molar-refractivity contribution in [2.45, 2.75) is 32.2 Å². The van der Waals surface area contributed by atoms with Gasteiger partial charge in [-0.3, -0.25) is 0 Å². The van der Waals surface area contributed by atoms with Crippen molar-refractivity contribution in [3.8, 4) is 5.75 Å². The summed E-state index contributed by atoms with van der Waals surface area (Å²) in [6.45, 7) is 2.97. The normalized spacial score (nSPS) is 17.0. The van der Waals surface area contributed by atoms with Crippen molar-refractivity contribution in [3.63, 3.8) is 0 Å². The lowest BCUT2D eigenvalue weighted by Gasteiger charge is -2.19. The molecule has 0 aromatic heterocycles. The van der Waals surface area contributed by atoms with Gasteiger partial charge in [0.05, 0.1) is 6.61 Å². The molecular formula is C12H17NO. The zero-order valence-electron chi connectivity index (χ0n) is 8.62. The second kappa shape index (κ2) is 4.01. The summed E-state index contributed by atoms with van der Waals surface area (Å²) in [6, 6.07) is 6.50. The van der Waals surface area contributed by atoms with Crippen LogP contribution < -0.4 is 10.5 Å². The monoisotopic (exact) mass is 191 g/mol. The standard InChI is InChI=1S/C12H17NO/c1-2-11(13)9-5-6-12-10(8-9)4-3-7-14-12/h5-6,8,11H,2-4,7,13H2,1H3/t11-/m0/s1. The molecule has 0 fully saturated rings. The second-order valence-electron chi connectivity index (χ2n) is 3.83. The van der Waals surface area contributed by atoms with Gasteiger partial charge in [0.25, 0.3) is 0 Å². The van der Waals surface area contributed by atoms with E-state index in [1.807, 2.05) is 0 Å². The van der Waals surface area contributed by atoms with Gasteiger partial charge >= 0.3 is 0 Å². The van der Waals surface area contributed by atoms with Crippen LogP contribution in [0.4, 0.5) is 0 Å². The number of benzene rings is 1. The molecule has 0 bridgehead atoms. The molecule has 1 aliphatic rings. The van der Waals surface area contributed by atoms with Crippen LogP contribution in [-0.2, 0) is 6.42 Å². The lowest BCUT2D eigenvalue weighted by atomic mass is 9.99. The number of ether oxygens (including phenoxy) is 1. The Morgan fingerprint density at radius 3 is 3.14 bits per heavy atom. The highest BCUT2D eigenvalue weighted by molar-refractivity contribution is 5.39. The van der Waals surface area contributed by atoms with E-state index < -0.39 is 0 Å². The Morgan fingerprint density at radius 1 is 1.50 bits per heavy atom. The topological polar surface area (TPSA) is 35.2 Å². The van der Waals surface area contributed by atoms with E-state index >= 15 is 0 Å². The molecule has 0 radical (unpaired) electrons. The zero-order valence-corrected chi connectivity index (χ0v) is 8.62. The first-order valence-corrected chi connectivity index (χ1v) is 5.32. The molecule has 14 heavy (non-hydrogen) atoms. The largest absolute Gasteiger partial charge is 0.493 e. The van der Waals surface area contributed by atoms with Crippen LogP contribution in [0.5, 0.6) is 5.75 Å². The number of hydrogen-bond donors (Lipinski definition) is 1. The molecule has 1 aliphatic heterocycles. The molecule has 0 saturated heterocycles. The van der Waals surface area contributed by atoms with Gasteiger partial charge < -0.3 is 10.5 Å². The van der Waals surface area contributed by atoms with Crippen molar-refractivity contribution in [2.75, 3.05) is 6.61 Å². The molecule has 1 aromatic carbocycles. The third-order valence-electron chi connectivity index (χ3n) is 2.80. The summed E-state index contributed by atoms with van der Waals surface area (Å²) in [5.74, 6) is 1.04. The van der Waals surface area contributed by atoms with E-state index in [0.29, 0.717) is 0 Å². The first-order valence-electron chi connectivity index (χ1n) is 5.32. The van der Waals surface area contributed by atoms with E-state index in [2.05, 4.69) is 25.1 Å². The van der Waals surface area contributed by atoms with Crippen LogP contribution in [0, 0.1) is 0 Å². The van der Waals surface area contributed by atoms with Crippen molar-refractivity contribution >= 4 is 0 Å². The van der Waals surface area contributed by atoms with Crippen molar-refractivity contribution in [1.29, 1.82) is 0 Å². The minimum absolute atomic E-state index is 0.169. The number of aryl methyl sites for hydroxylation is 1. The predicted octanol–water partition coefficient (Wildman–Crippen LogP) is 2.42. The first-order chi connectivity index (χ1) is 6.81. The zero-order chi connectivity index (χ0) is 9.97. The van der Waals surface area contributed by atoms with Gasteiger partial charge in [-0.1, -0.05) is 19.1 Å². The molecule has 1 atom stereocenters. The van der Waals surface area contributed by atoms with Gasteiger partial charge in [-0.2, -0.15) is 0 Å². The molecular weight excluding hydrogens is 174 g/mol. The third kappa shape index (κ3) is 1.75. The Bertz CT molecular complexity index is 322. The molecule has 2 N–H and O–H groups in total. The van der Waals surface area contributed by atoms with Gasteiger partial charge in [0.1, 0.15) is 5.75 Å². The van der Waals surface area contributed by atoms with Gasteiger partial charge in [0.15, 0.2) is 0 Å². The molecule has 2 nitrogen and oxygen atoms in total. The van der Waals surface area contributed by atoms with Crippen molar-refractivity contribution in [3.05, 3.63) is 29.3 Å². The lowest BCUT2D eigenvalue weighted by molar-refractivity contribution is 0.288. The smallest absolute Gasteiger partial charge is 0.122 e.